The Labute approximate surface area is 97.6 Å². The van der Waals surface area contributed by atoms with Crippen molar-refractivity contribution in [2.45, 2.75) is 26.7 Å². The van der Waals surface area contributed by atoms with Crippen LogP contribution in [0, 0.1) is 13.8 Å². The molecular formula is C13H21NO2. The maximum Gasteiger partial charge on any atom is 0.163 e. The number of hydrogen-bond donors (Lipinski definition) is 1. The number of methoxy groups -OCH3 is 2. The second-order valence-electron chi connectivity index (χ2n) is 4.10. The molecule has 0 aliphatic carbocycles. The standard InChI is InChI=1S/C13H21NO2/c1-8-6-11(15-4)13(16-5)10(3)12(8)9(2)7-14/h6,9H,7,14H2,1-5H3. The van der Waals surface area contributed by atoms with E-state index in [0.29, 0.717) is 12.5 Å². The Kier molecular flexibility index (Phi) is 4.19. The van der Waals surface area contributed by atoms with Gasteiger partial charge in [-0.3, -0.25) is 0 Å². The molecule has 0 aliphatic heterocycles. The van der Waals surface area contributed by atoms with Crippen LogP contribution in [0.25, 0.3) is 0 Å². The Morgan fingerprint density at radius 3 is 2.31 bits per heavy atom. The first-order chi connectivity index (χ1) is 7.56. The molecular weight excluding hydrogens is 202 g/mol. The maximum atomic E-state index is 5.73. The predicted octanol–water partition coefficient (Wildman–Crippen LogP) is 2.38. The molecule has 2 N–H and O–H groups in total. The zero-order chi connectivity index (χ0) is 12.3. The van der Waals surface area contributed by atoms with Gasteiger partial charge in [-0.25, -0.2) is 0 Å². The minimum Gasteiger partial charge on any atom is -0.493 e. The number of ether oxygens (including phenoxy) is 2. The molecule has 0 fully saturated rings. The van der Waals surface area contributed by atoms with E-state index < -0.39 is 0 Å². The molecule has 3 heteroatoms. The highest BCUT2D eigenvalue weighted by atomic mass is 16.5. The van der Waals surface area contributed by atoms with E-state index in [4.69, 9.17) is 15.2 Å². The molecule has 0 spiro atoms. The van der Waals surface area contributed by atoms with Crippen LogP contribution in [-0.2, 0) is 0 Å². The zero-order valence-corrected chi connectivity index (χ0v) is 10.8. The fraction of sp³-hybridized carbons (Fsp3) is 0.538. The van der Waals surface area contributed by atoms with Crippen LogP contribution in [0.3, 0.4) is 0 Å². The summed E-state index contributed by atoms with van der Waals surface area (Å²) >= 11 is 0. The number of rotatable bonds is 4. The first-order valence-corrected chi connectivity index (χ1v) is 5.48. The van der Waals surface area contributed by atoms with Gasteiger partial charge in [-0.15, -0.1) is 0 Å². The van der Waals surface area contributed by atoms with Gasteiger partial charge in [-0.1, -0.05) is 6.92 Å². The maximum absolute atomic E-state index is 5.73. The van der Waals surface area contributed by atoms with Gasteiger partial charge in [0.1, 0.15) is 0 Å². The second kappa shape index (κ2) is 5.21. The van der Waals surface area contributed by atoms with Crippen molar-refractivity contribution in [1.82, 2.24) is 0 Å². The van der Waals surface area contributed by atoms with Gasteiger partial charge < -0.3 is 15.2 Å². The van der Waals surface area contributed by atoms with Crippen LogP contribution >= 0.6 is 0 Å². The Hall–Kier alpha value is -1.22. The lowest BCUT2D eigenvalue weighted by atomic mass is 9.91. The van der Waals surface area contributed by atoms with E-state index in [0.717, 1.165) is 17.1 Å². The summed E-state index contributed by atoms with van der Waals surface area (Å²) < 4.78 is 10.7. The van der Waals surface area contributed by atoms with E-state index in [2.05, 4.69) is 20.8 Å². The second-order valence-corrected chi connectivity index (χ2v) is 4.10. The van der Waals surface area contributed by atoms with Crippen LogP contribution in [-0.4, -0.2) is 20.8 Å². The molecule has 1 rings (SSSR count). The van der Waals surface area contributed by atoms with Crippen molar-refractivity contribution in [3.05, 3.63) is 22.8 Å². The average molecular weight is 223 g/mol. The summed E-state index contributed by atoms with van der Waals surface area (Å²) in [5.41, 5.74) is 9.32. The van der Waals surface area contributed by atoms with Crippen LogP contribution in [0.5, 0.6) is 11.5 Å². The molecule has 0 saturated heterocycles. The van der Waals surface area contributed by atoms with Crippen molar-refractivity contribution in [3.63, 3.8) is 0 Å². The van der Waals surface area contributed by atoms with Gasteiger partial charge >= 0.3 is 0 Å². The summed E-state index contributed by atoms with van der Waals surface area (Å²) in [5, 5.41) is 0. The smallest absolute Gasteiger partial charge is 0.163 e. The van der Waals surface area contributed by atoms with E-state index >= 15 is 0 Å². The molecule has 0 aliphatic rings. The van der Waals surface area contributed by atoms with Crippen molar-refractivity contribution in [1.29, 1.82) is 0 Å². The van der Waals surface area contributed by atoms with Crippen LogP contribution < -0.4 is 15.2 Å². The first kappa shape index (κ1) is 12.8. The summed E-state index contributed by atoms with van der Waals surface area (Å²) in [4.78, 5) is 0. The predicted molar refractivity (Wildman–Crippen MR) is 66.5 cm³/mol. The van der Waals surface area contributed by atoms with Crippen molar-refractivity contribution in [2.75, 3.05) is 20.8 Å². The third-order valence-corrected chi connectivity index (χ3v) is 3.01. The van der Waals surface area contributed by atoms with Gasteiger partial charge in [0.15, 0.2) is 11.5 Å². The monoisotopic (exact) mass is 223 g/mol. The summed E-state index contributed by atoms with van der Waals surface area (Å²) in [7, 11) is 3.32. The highest BCUT2D eigenvalue weighted by molar-refractivity contribution is 5.54. The molecule has 1 aromatic rings. The van der Waals surface area contributed by atoms with Crippen molar-refractivity contribution < 1.29 is 9.47 Å². The molecule has 1 atom stereocenters. The molecule has 3 nitrogen and oxygen atoms in total. The average Bonchev–Trinajstić information content (AvgIpc) is 2.27. The SMILES string of the molecule is COc1cc(C)c(C(C)CN)c(C)c1OC. The first-order valence-electron chi connectivity index (χ1n) is 5.48. The molecule has 0 aromatic heterocycles. The van der Waals surface area contributed by atoms with Gasteiger partial charge in [-0.05, 0) is 49.1 Å². The van der Waals surface area contributed by atoms with Gasteiger partial charge in [-0.2, -0.15) is 0 Å². The van der Waals surface area contributed by atoms with E-state index in [1.807, 2.05) is 6.07 Å². The van der Waals surface area contributed by atoms with Gasteiger partial charge in [0.05, 0.1) is 14.2 Å². The third kappa shape index (κ3) is 2.14. The Bertz CT molecular complexity index is 375. The minimum absolute atomic E-state index is 0.333. The number of aryl methyl sites for hydroxylation is 1. The van der Waals surface area contributed by atoms with Gasteiger partial charge in [0.2, 0.25) is 0 Å². The van der Waals surface area contributed by atoms with Crippen molar-refractivity contribution >= 4 is 0 Å². The topological polar surface area (TPSA) is 44.5 Å². The van der Waals surface area contributed by atoms with Gasteiger partial charge in [0.25, 0.3) is 0 Å². The Morgan fingerprint density at radius 2 is 1.88 bits per heavy atom. The summed E-state index contributed by atoms with van der Waals surface area (Å²) in [6.45, 7) is 6.89. The highest BCUT2D eigenvalue weighted by Crippen LogP contribution is 2.37. The normalized spacial score (nSPS) is 12.4. The lowest BCUT2D eigenvalue weighted by Crippen LogP contribution is -2.12. The fourth-order valence-corrected chi connectivity index (χ4v) is 2.22. The summed E-state index contributed by atoms with van der Waals surface area (Å²) in [6, 6.07) is 2.01. The summed E-state index contributed by atoms with van der Waals surface area (Å²) in [6.07, 6.45) is 0. The molecule has 0 amide bonds. The van der Waals surface area contributed by atoms with Gasteiger partial charge in [0, 0.05) is 0 Å². The van der Waals surface area contributed by atoms with Crippen molar-refractivity contribution in [3.8, 4) is 11.5 Å². The fourth-order valence-electron chi connectivity index (χ4n) is 2.22. The van der Waals surface area contributed by atoms with Crippen LogP contribution in [0.4, 0.5) is 0 Å². The highest BCUT2D eigenvalue weighted by Gasteiger charge is 2.17. The lowest BCUT2D eigenvalue weighted by molar-refractivity contribution is 0.351. The third-order valence-electron chi connectivity index (χ3n) is 3.01. The van der Waals surface area contributed by atoms with E-state index in [9.17, 15) is 0 Å². The molecule has 0 heterocycles. The zero-order valence-electron chi connectivity index (χ0n) is 10.8. The summed E-state index contributed by atoms with van der Waals surface area (Å²) in [5.74, 6) is 1.92. The number of hydrogen-bond acceptors (Lipinski definition) is 3. The largest absolute Gasteiger partial charge is 0.493 e. The molecule has 0 bridgehead atoms. The Morgan fingerprint density at radius 1 is 1.25 bits per heavy atom. The number of benzene rings is 1. The minimum atomic E-state index is 0.333. The van der Waals surface area contributed by atoms with Crippen LogP contribution in [0.1, 0.15) is 29.5 Å². The Balaban J connectivity index is 3.40. The number of nitrogens with two attached hydrogens (primary N) is 1. The van der Waals surface area contributed by atoms with E-state index in [-0.39, 0.29) is 0 Å². The quantitative estimate of drug-likeness (QED) is 0.852. The van der Waals surface area contributed by atoms with Crippen LogP contribution in [0.15, 0.2) is 6.07 Å². The molecule has 1 unspecified atom stereocenters. The van der Waals surface area contributed by atoms with E-state index in [1.54, 1.807) is 14.2 Å². The molecule has 1 aromatic carbocycles. The molecule has 90 valence electrons. The van der Waals surface area contributed by atoms with E-state index in [1.165, 1.54) is 11.1 Å². The molecule has 0 saturated carbocycles. The van der Waals surface area contributed by atoms with Crippen LogP contribution in [0.2, 0.25) is 0 Å². The molecule has 0 radical (unpaired) electrons. The van der Waals surface area contributed by atoms with Crippen molar-refractivity contribution in [2.24, 2.45) is 5.73 Å². The molecule has 16 heavy (non-hydrogen) atoms. The lowest BCUT2D eigenvalue weighted by Gasteiger charge is -2.20.